The quantitative estimate of drug-likeness (QED) is 0.792. The molecular formula is C14H14N4S. The van der Waals surface area contributed by atoms with Crippen molar-refractivity contribution in [3.8, 4) is 5.69 Å². The van der Waals surface area contributed by atoms with Crippen LogP contribution < -0.4 is 5.73 Å². The number of hydrogen-bond donors (Lipinski definition) is 1. The molecule has 0 aliphatic heterocycles. The molecule has 0 unspecified atom stereocenters. The Labute approximate surface area is 115 Å². The van der Waals surface area contributed by atoms with Crippen LogP contribution in [-0.4, -0.2) is 15.0 Å². The minimum Gasteiger partial charge on any atom is -0.325 e. The summed E-state index contributed by atoms with van der Waals surface area (Å²) in [5.74, 6) is 0. The topological polar surface area (TPSA) is 56.7 Å². The largest absolute Gasteiger partial charge is 0.325 e. The highest BCUT2D eigenvalue weighted by molar-refractivity contribution is 7.09. The number of benzene rings is 1. The Balaban J connectivity index is 2.03. The molecule has 5 heteroatoms. The van der Waals surface area contributed by atoms with E-state index in [0.717, 1.165) is 23.5 Å². The molecular weight excluding hydrogens is 256 g/mol. The van der Waals surface area contributed by atoms with Crippen molar-refractivity contribution in [3.63, 3.8) is 0 Å². The molecule has 0 spiro atoms. The monoisotopic (exact) mass is 270 g/mol. The van der Waals surface area contributed by atoms with Crippen LogP contribution in [0, 0.1) is 0 Å². The van der Waals surface area contributed by atoms with Crippen molar-refractivity contribution in [1.82, 2.24) is 15.0 Å². The smallest absolute Gasteiger partial charge is 0.100 e. The first-order chi connectivity index (χ1) is 9.38. The zero-order valence-corrected chi connectivity index (χ0v) is 11.2. The van der Waals surface area contributed by atoms with Gasteiger partial charge in [-0.1, -0.05) is 29.5 Å². The molecule has 0 saturated heterocycles. The molecule has 2 heterocycles. The number of aromatic nitrogens is 3. The molecule has 0 radical (unpaired) electrons. The van der Waals surface area contributed by atoms with E-state index in [1.54, 1.807) is 11.3 Å². The van der Waals surface area contributed by atoms with Crippen LogP contribution in [0.1, 0.15) is 16.3 Å². The van der Waals surface area contributed by atoms with Gasteiger partial charge in [0.25, 0.3) is 0 Å². The fourth-order valence-corrected chi connectivity index (χ4v) is 2.73. The first kappa shape index (κ1) is 12.1. The number of para-hydroxylation sites is 1. The number of thiophene rings is 1. The highest BCUT2D eigenvalue weighted by Gasteiger charge is 2.13. The molecule has 2 N–H and O–H groups in total. The van der Waals surface area contributed by atoms with Crippen molar-refractivity contribution < 1.29 is 0 Å². The molecule has 2 aromatic heterocycles. The number of rotatable bonds is 4. The number of nitrogens with two attached hydrogens (primary N) is 1. The fourth-order valence-electron chi connectivity index (χ4n) is 2.02. The Morgan fingerprint density at radius 3 is 2.63 bits per heavy atom. The number of hydrogen-bond acceptors (Lipinski definition) is 4. The maximum atomic E-state index is 5.76. The summed E-state index contributed by atoms with van der Waals surface area (Å²) in [7, 11) is 0. The van der Waals surface area contributed by atoms with E-state index < -0.39 is 0 Å². The van der Waals surface area contributed by atoms with Crippen LogP contribution in [0.25, 0.3) is 5.69 Å². The second kappa shape index (κ2) is 5.34. The minimum absolute atomic E-state index is 0.410. The predicted octanol–water partition coefficient (Wildman–Crippen LogP) is 2.38. The molecule has 4 nitrogen and oxygen atoms in total. The van der Waals surface area contributed by atoms with Crippen LogP contribution >= 0.6 is 11.3 Å². The van der Waals surface area contributed by atoms with Gasteiger partial charge in [-0.25, -0.2) is 4.68 Å². The van der Waals surface area contributed by atoms with Crippen molar-refractivity contribution in [2.75, 3.05) is 0 Å². The molecule has 0 bridgehead atoms. The van der Waals surface area contributed by atoms with Gasteiger partial charge in [-0.3, -0.25) is 0 Å². The lowest BCUT2D eigenvalue weighted by atomic mass is 10.2. The summed E-state index contributed by atoms with van der Waals surface area (Å²) < 4.78 is 1.88. The zero-order chi connectivity index (χ0) is 13.1. The summed E-state index contributed by atoms with van der Waals surface area (Å²) in [4.78, 5) is 1.29. The van der Waals surface area contributed by atoms with E-state index in [9.17, 15) is 0 Å². The average molecular weight is 270 g/mol. The van der Waals surface area contributed by atoms with Crippen LogP contribution in [0.15, 0.2) is 47.8 Å². The van der Waals surface area contributed by atoms with Crippen LogP contribution in [0.2, 0.25) is 0 Å². The van der Waals surface area contributed by atoms with E-state index in [0.29, 0.717) is 6.54 Å². The average Bonchev–Trinajstić information content (AvgIpc) is 3.10. The molecule has 0 atom stereocenters. The van der Waals surface area contributed by atoms with Gasteiger partial charge in [0.1, 0.15) is 5.69 Å². The highest BCUT2D eigenvalue weighted by atomic mass is 32.1. The van der Waals surface area contributed by atoms with E-state index in [2.05, 4.69) is 27.8 Å². The van der Waals surface area contributed by atoms with Crippen molar-refractivity contribution in [2.24, 2.45) is 5.73 Å². The molecule has 3 aromatic rings. The third-order valence-corrected chi connectivity index (χ3v) is 3.84. The highest BCUT2D eigenvalue weighted by Crippen LogP contribution is 2.19. The van der Waals surface area contributed by atoms with E-state index in [4.69, 9.17) is 5.73 Å². The molecule has 0 amide bonds. The molecule has 0 aliphatic carbocycles. The van der Waals surface area contributed by atoms with Crippen LogP contribution in [0.4, 0.5) is 0 Å². The SMILES string of the molecule is NCc1nnn(-c2ccccc2)c1Cc1cccs1. The standard InChI is InChI=1S/C14H14N4S/c15-10-13-14(9-12-7-4-8-19-12)18(17-16-13)11-5-2-1-3-6-11/h1-8H,9-10,15H2. The first-order valence-electron chi connectivity index (χ1n) is 6.10. The third-order valence-electron chi connectivity index (χ3n) is 2.96. The van der Waals surface area contributed by atoms with Crippen LogP contribution in [-0.2, 0) is 13.0 Å². The predicted molar refractivity (Wildman–Crippen MR) is 76.4 cm³/mol. The second-order valence-electron chi connectivity index (χ2n) is 4.19. The molecule has 0 aliphatic rings. The molecule has 19 heavy (non-hydrogen) atoms. The van der Waals surface area contributed by atoms with Gasteiger partial charge >= 0.3 is 0 Å². The lowest BCUT2D eigenvalue weighted by Crippen LogP contribution is -2.06. The van der Waals surface area contributed by atoms with Crippen molar-refractivity contribution in [2.45, 2.75) is 13.0 Å². The van der Waals surface area contributed by atoms with E-state index >= 15 is 0 Å². The van der Waals surface area contributed by atoms with Crippen molar-refractivity contribution in [1.29, 1.82) is 0 Å². The summed E-state index contributed by atoms with van der Waals surface area (Å²) >= 11 is 1.73. The fraction of sp³-hybridized carbons (Fsp3) is 0.143. The van der Waals surface area contributed by atoms with Gasteiger partial charge in [0.15, 0.2) is 0 Å². The minimum atomic E-state index is 0.410. The maximum Gasteiger partial charge on any atom is 0.100 e. The van der Waals surface area contributed by atoms with Crippen LogP contribution in [0.5, 0.6) is 0 Å². The number of nitrogens with zero attached hydrogens (tertiary/aromatic N) is 3. The van der Waals surface area contributed by atoms with Crippen LogP contribution in [0.3, 0.4) is 0 Å². The maximum absolute atomic E-state index is 5.76. The lowest BCUT2D eigenvalue weighted by molar-refractivity contribution is 0.773. The Morgan fingerprint density at radius 2 is 1.95 bits per heavy atom. The Morgan fingerprint density at radius 1 is 1.11 bits per heavy atom. The van der Waals surface area contributed by atoms with Gasteiger partial charge in [0, 0.05) is 17.8 Å². The first-order valence-corrected chi connectivity index (χ1v) is 6.98. The van der Waals surface area contributed by atoms with Gasteiger partial charge in [0.05, 0.1) is 11.4 Å². The van der Waals surface area contributed by atoms with Gasteiger partial charge < -0.3 is 5.73 Å². The normalized spacial score (nSPS) is 10.8. The Kier molecular flexibility index (Phi) is 3.39. The molecule has 1 aromatic carbocycles. The van der Waals surface area contributed by atoms with E-state index in [1.807, 2.05) is 35.0 Å². The molecule has 96 valence electrons. The Hall–Kier alpha value is -1.98. The van der Waals surface area contributed by atoms with E-state index in [1.165, 1.54) is 4.88 Å². The second-order valence-corrected chi connectivity index (χ2v) is 5.22. The van der Waals surface area contributed by atoms with Gasteiger partial charge in [-0.05, 0) is 23.6 Å². The summed E-state index contributed by atoms with van der Waals surface area (Å²) in [6.45, 7) is 0.410. The molecule has 3 rings (SSSR count). The third kappa shape index (κ3) is 2.43. The molecule has 0 saturated carbocycles. The van der Waals surface area contributed by atoms with Crippen molar-refractivity contribution in [3.05, 3.63) is 64.1 Å². The summed E-state index contributed by atoms with van der Waals surface area (Å²) in [5.41, 5.74) is 8.70. The molecule has 0 fully saturated rings. The Bertz CT molecular complexity index is 643. The van der Waals surface area contributed by atoms with Crippen molar-refractivity contribution >= 4 is 11.3 Å². The van der Waals surface area contributed by atoms with Gasteiger partial charge in [0.2, 0.25) is 0 Å². The summed E-state index contributed by atoms with van der Waals surface area (Å²) in [5, 5.41) is 10.5. The lowest BCUT2D eigenvalue weighted by Gasteiger charge is -2.06. The summed E-state index contributed by atoms with van der Waals surface area (Å²) in [6, 6.07) is 14.2. The van der Waals surface area contributed by atoms with Gasteiger partial charge in [-0.2, -0.15) is 0 Å². The van der Waals surface area contributed by atoms with E-state index in [-0.39, 0.29) is 0 Å². The summed E-state index contributed by atoms with van der Waals surface area (Å²) in [6.07, 6.45) is 0.812. The van der Waals surface area contributed by atoms with Gasteiger partial charge in [-0.15, -0.1) is 16.4 Å². The zero-order valence-electron chi connectivity index (χ0n) is 10.4.